The van der Waals surface area contributed by atoms with Crippen LogP contribution in [0.15, 0.2) is 12.2 Å². The SMILES string of the molecule is CCCCCCCCCCCCCC=CC(O)C(COP(=O)(O)OC)NC. The Balaban J connectivity index is 3.66. The van der Waals surface area contributed by atoms with Gasteiger partial charge in [-0.2, -0.15) is 0 Å². The first-order valence-corrected chi connectivity index (χ1v) is 12.0. The predicted molar refractivity (Wildman–Crippen MR) is 112 cm³/mol. The molecule has 0 aliphatic carbocycles. The van der Waals surface area contributed by atoms with Crippen LogP contribution in [0.5, 0.6) is 0 Å². The number of allylic oxidation sites excluding steroid dienone is 1. The van der Waals surface area contributed by atoms with Crippen molar-refractivity contribution in [3.05, 3.63) is 12.2 Å². The quantitative estimate of drug-likeness (QED) is 0.159. The lowest BCUT2D eigenvalue weighted by Crippen LogP contribution is -2.40. The van der Waals surface area contributed by atoms with Gasteiger partial charge in [-0.3, -0.25) is 9.05 Å². The standard InChI is InChI=1S/C20H42NO5P/c1-4-5-6-7-8-9-10-11-12-13-14-15-16-17-20(22)19(21-2)18-26-27(23,24)25-3/h16-17,19-22H,4-15,18H2,1-3H3,(H,23,24). The molecule has 0 spiro atoms. The summed E-state index contributed by atoms with van der Waals surface area (Å²) < 4.78 is 20.5. The van der Waals surface area contributed by atoms with Crippen LogP contribution in [0.4, 0.5) is 0 Å². The Kier molecular flexibility index (Phi) is 17.7. The smallest absolute Gasteiger partial charge is 0.387 e. The third-order valence-electron chi connectivity index (χ3n) is 4.74. The molecule has 0 fully saturated rings. The number of phosphoric acid groups is 1. The summed E-state index contributed by atoms with van der Waals surface area (Å²) in [5.74, 6) is 0. The highest BCUT2D eigenvalue weighted by Crippen LogP contribution is 2.41. The van der Waals surface area contributed by atoms with Crippen molar-refractivity contribution in [3.63, 3.8) is 0 Å². The number of hydrogen-bond acceptors (Lipinski definition) is 5. The van der Waals surface area contributed by atoms with Crippen LogP contribution in [-0.4, -0.2) is 42.9 Å². The summed E-state index contributed by atoms with van der Waals surface area (Å²) in [5.41, 5.74) is 0. The lowest BCUT2D eigenvalue weighted by Gasteiger charge is -2.20. The minimum atomic E-state index is -4.02. The summed E-state index contributed by atoms with van der Waals surface area (Å²) in [7, 11) is -1.23. The van der Waals surface area contributed by atoms with Gasteiger partial charge in [-0.05, 0) is 19.9 Å². The molecule has 27 heavy (non-hydrogen) atoms. The summed E-state index contributed by atoms with van der Waals surface area (Å²) in [6.07, 6.45) is 18.3. The highest BCUT2D eigenvalue weighted by molar-refractivity contribution is 7.47. The van der Waals surface area contributed by atoms with Gasteiger partial charge in [0.05, 0.1) is 18.8 Å². The molecule has 0 heterocycles. The van der Waals surface area contributed by atoms with Crippen LogP contribution in [0.1, 0.15) is 84.0 Å². The normalized spacial score (nSPS) is 16.5. The molecule has 162 valence electrons. The molecule has 0 saturated carbocycles. The first-order chi connectivity index (χ1) is 13.0. The van der Waals surface area contributed by atoms with Crippen molar-refractivity contribution < 1.29 is 23.6 Å². The fourth-order valence-corrected chi connectivity index (χ4v) is 3.33. The van der Waals surface area contributed by atoms with Gasteiger partial charge in [-0.15, -0.1) is 0 Å². The first-order valence-electron chi connectivity index (χ1n) is 10.5. The molecule has 0 aromatic rings. The van der Waals surface area contributed by atoms with Gasteiger partial charge >= 0.3 is 7.82 Å². The molecule has 7 heteroatoms. The Hall–Kier alpha value is -0.230. The Morgan fingerprint density at radius 3 is 2.00 bits per heavy atom. The third-order valence-corrected chi connectivity index (χ3v) is 5.68. The van der Waals surface area contributed by atoms with E-state index in [1.807, 2.05) is 6.08 Å². The molecule has 0 aliphatic heterocycles. The van der Waals surface area contributed by atoms with Gasteiger partial charge in [-0.1, -0.05) is 83.3 Å². The molecular weight excluding hydrogens is 365 g/mol. The summed E-state index contributed by atoms with van der Waals surface area (Å²) in [5, 5.41) is 13.0. The molecular formula is C20H42NO5P. The van der Waals surface area contributed by atoms with Crippen molar-refractivity contribution in [3.8, 4) is 0 Å². The summed E-state index contributed by atoms with van der Waals surface area (Å²) >= 11 is 0. The zero-order valence-corrected chi connectivity index (χ0v) is 18.5. The highest BCUT2D eigenvalue weighted by atomic mass is 31.2. The van der Waals surface area contributed by atoms with Crippen LogP contribution in [0.25, 0.3) is 0 Å². The van der Waals surface area contributed by atoms with Gasteiger partial charge in [0.1, 0.15) is 0 Å². The van der Waals surface area contributed by atoms with Crippen molar-refractivity contribution in [1.82, 2.24) is 5.32 Å². The van der Waals surface area contributed by atoms with Crippen molar-refractivity contribution in [1.29, 1.82) is 0 Å². The van der Waals surface area contributed by atoms with E-state index in [2.05, 4.69) is 16.8 Å². The zero-order valence-electron chi connectivity index (χ0n) is 17.6. The van der Waals surface area contributed by atoms with Gasteiger partial charge in [0, 0.05) is 7.11 Å². The molecule has 0 radical (unpaired) electrons. The lowest BCUT2D eigenvalue weighted by molar-refractivity contribution is 0.109. The van der Waals surface area contributed by atoms with E-state index in [4.69, 9.17) is 4.52 Å². The van der Waals surface area contributed by atoms with Crippen LogP contribution >= 0.6 is 7.82 Å². The van der Waals surface area contributed by atoms with Gasteiger partial charge < -0.3 is 15.3 Å². The first kappa shape index (κ1) is 26.8. The molecule has 3 N–H and O–H groups in total. The van der Waals surface area contributed by atoms with Gasteiger partial charge in [0.25, 0.3) is 0 Å². The van der Waals surface area contributed by atoms with E-state index in [0.29, 0.717) is 0 Å². The summed E-state index contributed by atoms with van der Waals surface area (Å²) in [6.45, 7) is 2.14. The molecule has 0 rings (SSSR count). The summed E-state index contributed by atoms with van der Waals surface area (Å²) in [6, 6.07) is -0.464. The second-order valence-corrected chi connectivity index (χ2v) is 8.65. The monoisotopic (exact) mass is 407 g/mol. The van der Waals surface area contributed by atoms with E-state index >= 15 is 0 Å². The van der Waals surface area contributed by atoms with Crippen LogP contribution < -0.4 is 5.32 Å². The minimum absolute atomic E-state index is 0.109. The molecule has 3 unspecified atom stereocenters. The number of rotatable bonds is 19. The predicted octanol–water partition coefficient (Wildman–Crippen LogP) is 4.96. The van der Waals surface area contributed by atoms with E-state index in [1.54, 1.807) is 13.1 Å². The van der Waals surface area contributed by atoms with Crippen LogP contribution in [0.3, 0.4) is 0 Å². The number of aliphatic hydroxyl groups is 1. The van der Waals surface area contributed by atoms with Crippen molar-refractivity contribution in [2.45, 2.75) is 96.1 Å². The maximum absolute atomic E-state index is 11.3. The van der Waals surface area contributed by atoms with Gasteiger partial charge in [0.15, 0.2) is 0 Å². The maximum Gasteiger partial charge on any atom is 0.471 e. The molecule has 0 aromatic carbocycles. The average molecular weight is 408 g/mol. The Morgan fingerprint density at radius 2 is 1.52 bits per heavy atom. The molecule has 6 nitrogen and oxygen atoms in total. The topological polar surface area (TPSA) is 88.0 Å². The van der Waals surface area contributed by atoms with E-state index in [-0.39, 0.29) is 6.61 Å². The van der Waals surface area contributed by atoms with E-state index in [9.17, 15) is 14.6 Å². The lowest BCUT2D eigenvalue weighted by atomic mass is 10.0. The molecule has 0 bridgehead atoms. The molecule has 0 aromatic heterocycles. The van der Waals surface area contributed by atoms with Crippen molar-refractivity contribution in [2.75, 3.05) is 20.8 Å². The second kappa shape index (κ2) is 17.8. The van der Waals surface area contributed by atoms with Crippen molar-refractivity contribution >= 4 is 7.82 Å². The molecule has 0 saturated heterocycles. The van der Waals surface area contributed by atoms with Crippen molar-refractivity contribution in [2.24, 2.45) is 0 Å². The number of hydrogen-bond donors (Lipinski definition) is 3. The average Bonchev–Trinajstić information content (AvgIpc) is 2.66. The molecule has 3 atom stereocenters. The number of unbranched alkanes of at least 4 members (excludes halogenated alkanes) is 11. The number of phosphoric ester groups is 1. The van der Waals surface area contributed by atoms with Crippen LogP contribution in [0.2, 0.25) is 0 Å². The van der Waals surface area contributed by atoms with E-state index < -0.39 is 20.0 Å². The Morgan fingerprint density at radius 1 is 1.00 bits per heavy atom. The number of nitrogens with one attached hydrogen (secondary N) is 1. The van der Waals surface area contributed by atoms with Gasteiger partial charge in [0.2, 0.25) is 0 Å². The number of likely N-dealkylation sites (N-methyl/N-ethyl adjacent to an activating group) is 1. The summed E-state index contributed by atoms with van der Waals surface area (Å²) in [4.78, 5) is 9.23. The maximum atomic E-state index is 11.3. The van der Waals surface area contributed by atoms with Crippen LogP contribution in [0, 0.1) is 0 Å². The third kappa shape index (κ3) is 16.4. The fraction of sp³-hybridized carbons (Fsp3) is 0.900. The Labute approximate surface area is 166 Å². The largest absolute Gasteiger partial charge is 0.471 e. The van der Waals surface area contributed by atoms with E-state index in [1.165, 1.54) is 64.2 Å². The van der Waals surface area contributed by atoms with Crippen LogP contribution in [-0.2, 0) is 13.6 Å². The highest BCUT2D eigenvalue weighted by Gasteiger charge is 2.23. The number of aliphatic hydroxyl groups excluding tert-OH is 1. The van der Waals surface area contributed by atoms with Gasteiger partial charge in [-0.25, -0.2) is 4.57 Å². The van der Waals surface area contributed by atoms with E-state index in [0.717, 1.165) is 20.0 Å². The minimum Gasteiger partial charge on any atom is -0.387 e. The zero-order chi connectivity index (χ0) is 20.4. The second-order valence-electron chi connectivity index (χ2n) is 7.09. The molecule has 0 amide bonds. The molecule has 0 aliphatic rings. The Bertz CT molecular complexity index is 406. The fourth-order valence-electron chi connectivity index (χ4n) is 2.88.